The lowest BCUT2D eigenvalue weighted by Crippen LogP contribution is -2.41. The van der Waals surface area contributed by atoms with Gasteiger partial charge in [-0.05, 0) is 34.8 Å². The minimum absolute atomic E-state index is 0.0549. The van der Waals surface area contributed by atoms with E-state index in [-0.39, 0.29) is 22.1 Å². The molecule has 0 bridgehead atoms. The molecular formula is C13H15BrF2N2O. The highest BCUT2D eigenvalue weighted by Gasteiger charge is 2.21. The van der Waals surface area contributed by atoms with Gasteiger partial charge in [0.2, 0.25) is 5.91 Å². The molecule has 0 unspecified atom stereocenters. The van der Waals surface area contributed by atoms with Gasteiger partial charge in [0.25, 0.3) is 0 Å². The molecule has 0 saturated carbocycles. The fraction of sp³-hybridized carbons (Fsp3) is 0.462. The topological polar surface area (TPSA) is 32.3 Å². The van der Waals surface area contributed by atoms with Gasteiger partial charge < -0.3 is 10.2 Å². The maximum absolute atomic E-state index is 13.7. The van der Waals surface area contributed by atoms with E-state index < -0.39 is 11.6 Å². The minimum atomic E-state index is -0.495. The quantitative estimate of drug-likeness (QED) is 0.844. The van der Waals surface area contributed by atoms with Crippen LogP contribution in [-0.4, -0.2) is 29.9 Å². The summed E-state index contributed by atoms with van der Waals surface area (Å²) in [4.78, 5) is 13.0. The Morgan fingerprint density at radius 1 is 1.32 bits per heavy atom. The number of halogens is 3. The van der Waals surface area contributed by atoms with Gasteiger partial charge in [-0.1, -0.05) is 0 Å². The zero-order valence-electron chi connectivity index (χ0n) is 10.5. The molecule has 0 spiro atoms. The number of anilines is 1. The van der Waals surface area contributed by atoms with Gasteiger partial charge in [-0.2, -0.15) is 0 Å². The Labute approximate surface area is 119 Å². The van der Waals surface area contributed by atoms with Gasteiger partial charge in [-0.15, -0.1) is 0 Å². The van der Waals surface area contributed by atoms with Gasteiger partial charge in [0.05, 0.1) is 10.2 Å². The predicted octanol–water partition coefficient (Wildman–Crippen LogP) is 3.15. The molecule has 0 atom stereocenters. The molecular weight excluding hydrogens is 318 g/mol. The Hall–Kier alpha value is -1.17. The maximum atomic E-state index is 13.7. The fourth-order valence-electron chi connectivity index (χ4n) is 2.19. The van der Waals surface area contributed by atoms with Crippen LogP contribution in [-0.2, 0) is 4.79 Å². The lowest BCUT2D eigenvalue weighted by Gasteiger charge is -2.32. The molecule has 1 heterocycles. The molecule has 1 fully saturated rings. The average Bonchev–Trinajstić information content (AvgIpc) is 2.36. The third-order valence-electron chi connectivity index (χ3n) is 3.31. The van der Waals surface area contributed by atoms with Crippen molar-refractivity contribution in [2.75, 3.05) is 18.4 Å². The second-order valence-electron chi connectivity index (χ2n) is 4.67. The summed E-state index contributed by atoms with van der Waals surface area (Å²) in [5, 5.41) is 3.00. The first kappa shape index (κ1) is 14.2. The number of nitrogens with one attached hydrogen (secondary N) is 1. The molecule has 1 aromatic carbocycles. The molecule has 1 aliphatic rings. The average molecular weight is 333 g/mol. The number of carbonyl (C=O) groups excluding carboxylic acids is 1. The Morgan fingerprint density at radius 3 is 2.53 bits per heavy atom. The maximum Gasteiger partial charge on any atom is 0.219 e. The summed E-state index contributed by atoms with van der Waals surface area (Å²) in [5.74, 6) is -0.924. The second kappa shape index (κ2) is 5.86. The highest BCUT2D eigenvalue weighted by Crippen LogP contribution is 2.25. The SMILES string of the molecule is CC(=O)N1CCC(Nc2cc(F)c(Br)cc2F)CC1. The van der Waals surface area contributed by atoms with Crippen LogP contribution in [0.5, 0.6) is 0 Å². The van der Waals surface area contributed by atoms with Crippen LogP contribution in [0.1, 0.15) is 19.8 Å². The molecule has 1 aliphatic heterocycles. The molecule has 0 aliphatic carbocycles. The molecule has 2 rings (SSSR count). The highest BCUT2D eigenvalue weighted by atomic mass is 79.9. The smallest absolute Gasteiger partial charge is 0.219 e. The van der Waals surface area contributed by atoms with Crippen molar-refractivity contribution in [2.24, 2.45) is 0 Å². The molecule has 1 saturated heterocycles. The molecule has 1 amide bonds. The van der Waals surface area contributed by atoms with Crippen molar-refractivity contribution in [1.29, 1.82) is 0 Å². The van der Waals surface area contributed by atoms with E-state index in [1.807, 2.05) is 0 Å². The number of amides is 1. The van der Waals surface area contributed by atoms with Crippen molar-refractivity contribution in [3.63, 3.8) is 0 Å². The van der Waals surface area contributed by atoms with Crippen molar-refractivity contribution >= 4 is 27.5 Å². The van der Waals surface area contributed by atoms with Gasteiger partial charge in [0, 0.05) is 32.1 Å². The molecule has 3 nitrogen and oxygen atoms in total. The molecule has 0 radical (unpaired) electrons. The predicted molar refractivity (Wildman–Crippen MR) is 73.0 cm³/mol. The zero-order chi connectivity index (χ0) is 14.0. The van der Waals surface area contributed by atoms with Gasteiger partial charge in [0.15, 0.2) is 0 Å². The van der Waals surface area contributed by atoms with Gasteiger partial charge in [-0.3, -0.25) is 4.79 Å². The number of hydrogen-bond donors (Lipinski definition) is 1. The molecule has 104 valence electrons. The summed E-state index contributed by atoms with van der Waals surface area (Å²) >= 11 is 2.94. The molecule has 1 aromatic rings. The molecule has 0 aromatic heterocycles. The largest absolute Gasteiger partial charge is 0.380 e. The number of rotatable bonds is 2. The highest BCUT2D eigenvalue weighted by molar-refractivity contribution is 9.10. The van der Waals surface area contributed by atoms with Crippen LogP contribution >= 0.6 is 15.9 Å². The van der Waals surface area contributed by atoms with Crippen LogP contribution in [0.15, 0.2) is 16.6 Å². The first-order chi connectivity index (χ1) is 8.97. The van der Waals surface area contributed by atoms with Crippen LogP contribution < -0.4 is 5.32 Å². The first-order valence-corrected chi connectivity index (χ1v) is 6.93. The van der Waals surface area contributed by atoms with Crippen LogP contribution in [0.4, 0.5) is 14.5 Å². The number of nitrogens with zero attached hydrogens (tertiary/aromatic N) is 1. The van der Waals surface area contributed by atoms with Crippen molar-refractivity contribution < 1.29 is 13.6 Å². The van der Waals surface area contributed by atoms with Crippen LogP contribution in [0.25, 0.3) is 0 Å². The number of likely N-dealkylation sites (tertiary alicyclic amines) is 1. The van der Waals surface area contributed by atoms with E-state index in [2.05, 4.69) is 21.2 Å². The number of carbonyl (C=O) groups is 1. The standard InChI is InChI=1S/C13H15BrF2N2O/c1-8(19)18-4-2-9(3-5-18)17-13-7-11(15)10(14)6-12(13)16/h6-7,9,17H,2-5H2,1H3. The summed E-state index contributed by atoms with van der Waals surface area (Å²) in [6, 6.07) is 2.32. The van der Waals surface area contributed by atoms with E-state index in [0.717, 1.165) is 25.0 Å². The second-order valence-corrected chi connectivity index (χ2v) is 5.53. The fourth-order valence-corrected chi connectivity index (χ4v) is 2.51. The molecule has 19 heavy (non-hydrogen) atoms. The van der Waals surface area contributed by atoms with E-state index in [1.54, 1.807) is 4.90 Å². The minimum Gasteiger partial charge on any atom is -0.380 e. The third kappa shape index (κ3) is 3.43. The molecule has 1 N–H and O–H groups in total. The Bertz CT molecular complexity index is 488. The lowest BCUT2D eigenvalue weighted by atomic mass is 10.0. The Morgan fingerprint density at radius 2 is 1.95 bits per heavy atom. The van der Waals surface area contributed by atoms with E-state index in [9.17, 15) is 13.6 Å². The van der Waals surface area contributed by atoms with Crippen LogP contribution in [0.2, 0.25) is 0 Å². The summed E-state index contributed by atoms with van der Waals surface area (Å²) in [6.07, 6.45) is 1.47. The summed E-state index contributed by atoms with van der Waals surface area (Å²) in [6.45, 7) is 2.83. The van der Waals surface area contributed by atoms with E-state index in [4.69, 9.17) is 0 Å². The normalized spacial score (nSPS) is 16.5. The Kier molecular flexibility index (Phi) is 4.39. The van der Waals surface area contributed by atoms with Crippen molar-refractivity contribution in [3.05, 3.63) is 28.2 Å². The summed E-state index contributed by atoms with van der Waals surface area (Å²) < 4.78 is 27.2. The van der Waals surface area contributed by atoms with E-state index in [0.29, 0.717) is 13.1 Å². The lowest BCUT2D eigenvalue weighted by molar-refractivity contribution is -0.129. The monoisotopic (exact) mass is 332 g/mol. The third-order valence-corrected chi connectivity index (χ3v) is 3.92. The van der Waals surface area contributed by atoms with E-state index >= 15 is 0 Å². The molecule has 6 heteroatoms. The number of piperidine rings is 1. The first-order valence-electron chi connectivity index (χ1n) is 6.14. The van der Waals surface area contributed by atoms with Crippen molar-refractivity contribution in [1.82, 2.24) is 4.90 Å². The summed E-state index contributed by atoms with van der Waals surface area (Å²) in [7, 11) is 0. The van der Waals surface area contributed by atoms with Crippen molar-refractivity contribution in [3.8, 4) is 0 Å². The van der Waals surface area contributed by atoms with Gasteiger partial charge in [0.1, 0.15) is 11.6 Å². The van der Waals surface area contributed by atoms with Crippen molar-refractivity contribution in [2.45, 2.75) is 25.8 Å². The van der Waals surface area contributed by atoms with Gasteiger partial charge in [-0.25, -0.2) is 8.78 Å². The van der Waals surface area contributed by atoms with Crippen LogP contribution in [0.3, 0.4) is 0 Å². The van der Waals surface area contributed by atoms with Gasteiger partial charge >= 0.3 is 0 Å². The Balaban J connectivity index is 1.99. The van der Waals surface area contributed by atoms with E-state index in [1.165, 1.54) is 6.92 Å². The summed E-state index contributed by atoms with van der Waals surface area (Å²) in [5.41, 5.74) is 0.168. The van der Waals surface area contributed by atoms with Crippen LogP contribution in [0, 0.1) is 11.6 Å². The number of hydrogen-bond acceptors (Lipinski definition) is 2. The zero-order valence-corrected chi connectivity index (χ0v) is 12.1. The number of benzene rings is 1.